The first-order valence-corrected chi connectivity index (χ1v) is 6.39. The molecule has 1 rings (SSSR count). The van der Waals surface area contributed by atoms with Crippen LogP contribution in [-0.4, -0.2) is 35.5 Å². The second-order valence-corrected chi connectivity index (χ2v) is 5.50. The van der Waals surface area contributed by atoms with Gasteiger partial charge in [0, 0.05) is 13.6 Å². The highest BCUT2D eigenvalue weighted by molar-refractivity contribution is 6.02. The number of carboxylic acid groups (broad SMARTS) is 1. The average Bonchev–Trinajstić information content (AvgIpc) is 2.74. The Bertz CT molecular complexity index is 293. The number of aliphatic carboxylic acids is 1. The van der Waals surface area contributed by atoms with Crippen LogP contribution in [-0.2, 0) is 9.59 Å². The molecule has 4 nitrogen and oxygen atoms in total. The second-order valence-electron chi connectivity index (χ2n) is 5.50. The van der Waals surface area contributed by atoms with E-state index in [0.717, 1.165) is 19.3 Å². The van der Waals surface area contributed by atoms with Gasteiger partial charge in [-0.25, -0.2) is 0 Å². The number of nitrogens with zero attached hydrogens (tertiary/aromatic N) is 1. The molecule has 1 amide bonds. The fourth-order valence-electron chi connectivity index (χ4n) is 2.42. The summed E-state index contributed by atoms with van der Waals surface area (Å²) < 4.78 is 0. The summed E-state index contributed by atoms with van der Waals surface area (Å²) >= 11 is 0. The lowest BCUT2D eigenvalue weighted by atomic mass is 9.84. The van der Waals surface area contributed by atoms with Crippen LogP contribution in [0.4, 0.5) is 0 Å². The second kappa shape index (κ2) is 5.52. The van der Waals surface area contributed by atoms with Crippen molar-refractivity contribution in [2.45, 2.75) is 46.0 Å². The Labute approximate surface area is 103 Å². The van der Waals surface area contributed by atoms with Crippen LogP contribution < -0.4 is 0 Å². The summed E-state index contributed by atoms with van der Waals surface area (Å²) in [5, 5.41) is 9.31. The van der Waals surface area contributed by atoms with Crippen molar-refractivity contribution in [2.75, 3.05) is 13.6 Å². The Hall–Kier alpha value is -1.06. The lowest BCUT2D eigenvalue weighted by Gasteiger charge is -2.29. The molecule has 0 unspecified atom stereocenters. The van der Waals surface area contributed by atoms with Crippen molar-refractivity contribution in [3.63, 3.8) is 0 Å². The van der Waals surface area contributed by atoms with Gasteiger partial charge in [-0.15, -0.1) is 0 Å². The van der Waals surface area contributed by atoms with Gasteiger partial charge in [0.2, 0.25) is 5.91 Å². The molecule has 0 aromatic heterocycles. The first-order chi connectivity index (χ1) is 7.90. The van der Waals surface area contributed by atoms with Gasteiger partial charge in [-0.1, -0.05) is 26.7 Å². The Morgan fingerprint density at radius 3 is 2.24 bits per heavy atom. The van der Waals surface area contributed by atoms with E-state index < -0.39 is 11.4 Å². The fraction of sp³-hybridized carbons (Fsp3) is 0.846. The van der Waals surface area contributed by atoms with Crippen molar-refractivity contribution in [2.24, 2.45) is 11.3 Å². The summed E-state index contributed by atoms with van der Waals surface area (Å²) in [5.74, 6) is -0.630. The van der Waals surface area contributed by atoms with Crippen LogP contribution in [0.5, 0.6) is 0 Å². The van der Waals surface area contributed by atoms with E-state index in [0.29, 0.717) is 25.3 Å². The molecule has 0 bridgehead atoms. The van der Waals surface area contributed by atoms with E-state index in [2.05, 4.69) is 13.8 Å². The Morgan fingerprint density at radius 1 is 1.29 bits per heavy atom. The number of hydrogen-bond donors (Lipinski definition) is 1. The van der Waals surface area contributed by atoms with Crippen LogP contribution in [0.25, 0.3) is 0 Å². The van der Waals surface area contributed by atoms with Crippen molar-refractivity contribution in [3.8, 4) is 0 Å². The van der Waals surface area contributed by atoms with Gasteiger partial charge in [0.05, 0.1) is 0 Å². The first kappa shape index (κ1) is 14.0. The van der Waals surface area contributed by atoms with Gasteiger partial charge in [0.1, 0.15) is 5.41 Å². The number of rotatable bonds is 5. The largest absolute Gasteiger partial charge is 0.480 e. The summed E-state index contributed by atoms with van der Waals surface area (Å²) in [7, 11) is 1.72. The zero-order valence-corrected chi connectivity index (χ0v) is 11.0. The molecule has 0 aliphatic heterocycles. The van der Waals surface area contributed by atoms with Crippen molar-refractivity contribution < 1.29 is 14.7 Å². The topological polar surface area (TPSA) is 57.6 Å². The summed E-state index contributed by atoms with van der Waals surface area (Å²) in [4.78, 5) is 25.2. The number of carbonyl (C=O) groups is 2. The van der Waals surface area contributed by atoms with Gasteiger partial charge in [0.15, 0.2) is 0 Å². The highest BCUT2D eigenvalue weighted by Gasteiger charge is 2.49. The molecular formula is C13H23NO3. The van der Waals surface area contributed by atoms with Crippen molar-refractivity contribution >= 4 is 11.9 Å². The average molecular weight is 241 g/mol. The summed E-state index contributed by atoms with van der Waals surface area (Å²) in [5.41, 5.74) is -1.13. The summed E-state index contributed by atoms with van der Waals surface area (Å²) in [6, 6.07) is 0. The molecule has 1 fully saturated rings. The van der Waals surface area contributed by atoms with Gasteiger partial charge in [0.25, 0.3) is 0 Å². The van der Waals surface area contributed by atoms with Gasteiger partial charge < -0.3 is 10.0 Å². The standard InChI is InChI=1S/C13H23NO3/c1-10(2)6-9-14(3)11(15)13(12(16)17)7-4-5-8-13/h10H,4-9H2,1-3H3,(H,16,17). The molecule has 0 saturated heterocycles. The lowest BCUT2D eigenvalue weighted by molar-refractivity contribution is -0.159. The molecular weight excluding hydrogens is 218 g/mol. The van der Waals surface area contributed by atoms with Gasteiger partial charge in [-0.05, 0) is 25.2 Å². The Morgan fingerprint density at radius 2 is 1.82 bits per heavy atom. The Kier molecular flexibility index (Phi) is 4.54. The van der Waals surface area contributed by atoms with Crippen molar-refractivity contribution in [1.82, 2.24) is 4.90 Å². The van der Waals surface area contributed by atoms with E-state index >= 15 is 0 Å². The fourth-order valence-corrected chi connectivity index (χ4v) is 2.42. The minimum atomic E-state index is -1.13. The minimum Gasteiger partial charge on any atom is -0.480 e. The molecule has 0 heterocycles. The van der Waals surface area contributed by atoms with E-state index in [1.165, 1.54) is 0 Å². The molecule has 1 saturated carbocycles. The zero-order chi connectivity index (χ0) is 13.1. The van der Waals surface area contributed by atoms with Crippen LogP contribution >= 0.6 is 0 Å². The number of carboxylic acids is 1. The maximum absolute atomic E-state index is 12.3. The number of carbonyl (C=O) groups excluding carboxylic acids is 1. The van der Waals surface area contributed by atoms with Crippen molar-refractivity contribution in [3.05, 3.63) is 0 Å². The predicted octanol–water partition coefficient (Wildman–Crippen LogP) is 2.14. The van der Waals surface area contributed by atoms with Crippen LogP contribution in [0.2, 0.25) is 0 Å². The highest BCUT2D eigenvalue weighted by atomic mass is 16.4. The quantitative estimate of drug-likeness (QED) is 0.750. The summed E-state index contributed by atoms with van der Waals surface area (Å²) in [6.45, 7) is 4.84. The maximum atomic E-state index is 12.3. The molecule has 4 heteroatoms. The molecule has 0 atom stereocenters. The molecule has 0 aromatic carbocycles. The van der Waals surface area contributed by atoms with E-state index in [4.69, 9.17) is 0 Å². The van der Waals surface area contributed by atoms with E-state index in [1.807, 2.05) is 0 Å². The van der Waals surface area contributed by atoms with Crippen LogP contribution in [0, 0.1) is 11.3 Å². The summed E-state index contributed by atoms with van der Waals surface area (Å²) in [6.07, 6.45) is 3.59. The van der Waals surface area contributed by atoms with Gasteiger partial charge >= 0.3 is 5.97 Å². The number of amides is 1. The molecule has 0 spiro atoms. The van der Waals surface area contributed by atoms with Crippen LogP contribution in [0.1, 0.15) is 46.0 Å². The predicted molar refractivity (Wildman–Crippen MR) is 65.6 cm³/mol. The molecule has 17 heavy (non-hydrogen) atoms. The van der Waals surface area contributed by atoms with Crippen molar-refractivity contribution in [1.29, 1.82) is 0 Å². The molecule has 1 aliphatic carbocycles. The Balaban J connectivity index is 2.69. The lowest BCUT2D eigenvalue weighted by Crippen LogP contribution is -2.46. The smallest absolute Gasteiger partial charge is 0.319 e. The number of hydrogen-bond acceptors (Lipinski definition) is 2. The first-order valence-electron chi connectivity index (χ1n) is 6.39. The molecule has 1 N–H and O–H groups in total. The highest BCUT2D eigenvalue weighted by Crippen LogP contribution is 2.39. The molecule has 1 aliphatic rings. The van der Waals surface area contributed by atoms with E-state index in [1.54, 1.807) is 11.9 Å². The zero-order valence-electron chi connectivity index (χ0n) is 11.0. The van der Waals surface area contributed by atoms with Crippen LogP contribution in [0.3, 0.4) is 0 Å². The molecule has 0 radical (unpaired) electrons. The van der Waals surface area contributed by atoms with E-state index in [9.17, 15) is 14.7 Å². The van der Waals surface area contributed by atoms with Gasteiger partial charge in [-0.3, -0.25) is 9.59 Å². The van der Waals surface area contributed by atoms with Crippen LogP contribution in [0.15, 0.2) is 0 Å². The van der Waals surface area contributed by atoms with Gasteiger partial charge in [-0.2, -0.15) is 0 Å². The SMILES string of the molecule is CC(C)CCN(C)C(=O)C1(C(=O)O)CCCC1. The molecule has 98 valence electrons. The minimum absolute atomic E-state index is 0.205. The normalized spacial score (nSPS) is 18.4. The third-order valence-corrected chi connectivity index (χ3v) is 3.66. The third-order valence-electron chi connectivity index (χ3n) is 3.66. The monoisotopic (exact) mass is 241 g/mol. The van der Waals surface area contributed by atoms with E-state index in [-0.39, 0.29) is 5.91 Å². The molecule has 0 aromatic rings. The maximum Gasteiger partial charge on any atom is 0.319 e. The third kappa shape index (κ3) is 2.99.